The molecule has 1 heterocycles. The third-order valence-electron chi connectivity index (χ3n) is 3.24. The number of carbonyl (C=O) groups excluding carboxylic acids is 2. The molecule has 1 amide bonds. The molecule has 0 unspecified atom stereocenters. The molecule has 3 N–H and O–H groups in total. The average molecular weight is 289 g/mol. The number of H-pyrrole nitrogens is 1. The fourth-order valence-corrected chi connectivity index (χ4v) is 2.11. The molecular formula is C15H19N3O3. The van der Waals surface area contributed by atoms with E-state index in [1.807, 2.05) is 6.07 Å². The molecule has 0 fully saturated rings. The number of hydrogen-bond donors (Lipinski definition) is 2. The van der Waals surface area contributed by atoms with Crippen LogP contribution in [0.2, 0.25) is 0 Å². The number of benzene rings is 1. The van der Waals surface area contributed by atoms with Crippen LogP contribution in [-0.4, -0.2) is 42.0 Å². The van der Waals surface area contributed by atoms with E-state index < -0.39 is 0 Å². The van der Waals surface area contributed by atoms with E-state index in [-0.39, 0.29) is 18.3 Å². The molecule has 2 aromatic rings. The van der Waals surface area contributed by atoms with Crippen LogP contribution in [0, 0.1) is 0 Å². The normalized spacial score (nSPS) is 10.6. The summed E-state index contributed by atoms with van der Waals surface area (Å²) in [5.74, 6) is -0.462. The van der Waals surface area contributed by atoms with Crippen LogP contribution in [-0.2, 0) is 9.53 Å². The molecule has 6 heteroatoms. The van der Waals surface area contributed by atoms with Crippen LogP contribution < -0.4 is 5.73 Å². The summed E-state index contributed by atoms with van der Waals surface area (Å²) in [4.78, 5) is 28.3. The zero-order valence-corrected chi connectivity index (χ0v) is 12.2. The van der Waals surface area contributed by atoms with Gasteiger partial charge in [-0.05, 0) is 25.1 Å². The maximum absolute atomic E-state index is 12.4. The zero-order chi connectivity index (χ0) is 15.4. The van der Waals surface area contributed by atoms with Crippen molar-refractivity contribution in [2.24, 2.45) is 0 Å². The van der Waals surface area contributed by atoms with Gasteiger partial charge in [0, 0.05) is 36.4 Å². The van der Waals surface area contributed by atoms with Crippen molar-refractivity contribution >= 4 is 28.5 Å². The summed E-state index contributed by atoms with van der Waals surface area (Å²) in [6.07, 6.45) is 1.84. The van der Waals surface area contributed by atoms with Crippen LogP contribution in [0.5, 0.6) is 0 Å². The van der Waals surface area contributed by atoms with Crippen molar-refractivity contribution in [3.05, 3.63) is 30.0 Å². The maximum Gasteiger partial charge on any atom is 0.307 e. The van der Waals surface area contributed by atoms with Gasteiger partial charge in [-0.25, -0.2) is 0 Å². The van der Waals surface area contributed by atoms with Gasteiger partial charge in [-0.15, -0.1) is 0 Å². The quantitative estimate of drug-likeness (QED) is 0.648. The standard InChI is InChI=1S/C15H19N3O3/c1-3-21-14(19)6-7-18(2)15(20)12-9-17-13-5-4-10(16)8-11(12)13/h4-5,8-9,17H,3,6-7,16H2,1-2H3. The summed E-state index contributed by atoms with van der Waals surface area (Å²) in [7, 11) is 1.66. The fraction of sp³-hybridized carbons (Fsp3) is 0.333. The Balaban J connectivity index is 2.10. The number of anilines is 1. The van der Waals surface area contributed by atoms with E-state index in [0.29, 0.717) is 24.4 Å². The van der Waals surface area contributed by atoms with Crippen molar-refractivity contribution in [1.29, 1.82) is 0 Å². The van der Waals surface area contributed by atoms with Crippen molar-refractivity contribution in [2.45, 2.75) is 13.3 Å². The molecule has 2 rings (SSSR count). The van der Waals surface area contributed by atoms with Gasteiger partial charge in [0.2, 0.25) is 0 Å². The minimum Gasteiger partial charge on any atom is -0.466 e. The Bertz CT molecular complexity index is 663. The lowest BCUT2D eigenvalue weighted by Gasteiger charge is -2.16. The molecule has 0 radical (unpaired) electrons. The Hall–Kier alpha value is -2.50. The molecule has 0 saturated carbocycles. The summed E-state index contributed by atoms with van der Waals surface area (Å²) >= 11 is 0. The Kier molecular flexibility index (Phi) is 4.47. The van der Waals surface area contributed by atoms with E-state index in [1.165, 1.54) is 4.90 Å². The topological polar surface area (TPSA) is 88.4 Å². The van der Waals surface area contributed by atoms with Crippen LogP contribution in [0.4, 0.5) is 5.69 Å². The van der Waals surface area contributed by atoms with Crippen LogP contribution in [0.15, 0.2) is 24.4 Å². The van der Waals surface area contributed by atoms with E-state index >= 15 is 0 Å². The second-order valence-corrected chi connectivity index (χ2v) is 4.79. The first kappa shape index (κ1) is 14.9. The summed E-state index contributed by atoms with van der Waals surface area (Å²) in [6.45, 7) is 2.41. The predicted molar refractivity (Wildman–Crippen MR) is 80.9 cm³/mol. The van der Waals surface area contributed by atoms with Gasteiger partial charge in [0.1, 0.15) is 0 Å². The molecule has 21 heavy (non-hydrogen) atoms. The van der Waals surface area contributed by atoms with Crippen molar-refractivity contribution in [3.63, 3.8) is 0 Å². The summed E-state index contributed by atoms with van der Waals surface area (Å²) in [5.41, 5.74) is 7.76. The van der Waals surface area contributed by atoms with Crippen LogP contribution in [0.25, 0.3) is 10.9 Å². The highest BCUT2D eigenvalue weighted by Gasteiger charge is 2.17. The van der Waals surface area contributed by atoms with Gasteiger partial charge in [-0.3, -0.25) is 9.59 Å². The lowest BCUT2D eigenvalue weighted by molar-refractivity contribution is -0.143. The Morgan fingerprint density at radius 1 is 1.38 bits per heavy atom. The SMILES string of the molecule is CCOC(=O)CCN(C)C(=O)c1c[nH]c2ccc(N)cc12. The number of hydrogen-bond acceptors (Lipinski definition) is 4. The van der Waals surface area contributed by atoms with E-state index in [1.54, 1.807) is 32.3 Å². The van der Waals surface area contributed by atoms with Crippen molar-refractivity contribution < 1.29 is 14.3 Å². The molecule has 0 aliphatic carbocycles. The van der Waals surface area contributed by atoms with Crippen LogP contribution in [0.3, 0.4) is 0 Å². The van der Waals surface area contributed by atoms with Gasteiger partial charge in [0.15, 0.2) is 0 Å². The summed E-state index contributed by atoms with van der Waals surface area (Å²) < 4.78 is 4.85. The molecule has 0 atom stereocenters. The van der Waals surface area contributed by atoms with Gasteiger partial charge < -0.3 is 20.4 Å². The second kappa shape index (κ2) is 6.30. The number of esters is 1. The number of carbonyl (C=O) groups is 2. The molecule has 0 aliphatic rings. The monoisotopic (exact) mass is 289 g/mol. The molecule has 0 aliphatic heterocycles. The molecule has 0 bridgehead atoms. The first-order chi connectivity index (χ1) is 10.0. The average Bonchev–Trinajstić information content (AvgIpc) is 2.87. The number of aromatic nitrogens is 1. The van der Waals surface area contributed by atoms with E-state index in [2.05, 4.69) is 4.98 Å². The molecule has 6 nitrogen and oxygen atoms in total. The number of fused-ring (bicyclic) bond motifs is 1. The molecule has 112 valence electrons. The second-order valence-electron chi connectivity index (χ2n) is 4.79. The van der Waals surface area contributed by atoms with Crippen LogP contribution in [0.1, 0.15) is 23.7 Å². The number of nitrogens with zero attached hydrogens (tertiary/aromatic N) is 1. The van der Waals surface area contributed by atoms with E-state index in [0.717, 1.165) is 10.9 Å². The highest BCUT2D eigenvalue weighted by molar-refractivity contribution is 6.07. The summed E-state index contributed by atoms with van der Waals surface area (Å²) in [6, 6.07) is 5.37. The number of aromatic amines is 1. The Morgan fingerprint density at radius 3 is 2.86 bits per heavy atom. The third kappa shape index (κ3) is 3.34. The lowest BCUT2D eigenvalue weighted by Crippen LogP contribution is -2.29. The minimum absolute atomic E-state index is 0.156. The smallest absolute Gasteiger partial charge is 0.307 e. The number of nitrogen functional groups attached to an aromatic ring is 1. The minimum atomic E-state index is -0.305. The third-order valence-corrected chi connectivity index (χ3v) is 3.24. The predicted octanol–water partition coefficient (Wildman–Crippen LogP) is 1.78. The highest BCUT2D eigenvalue weighted by atomic mass is 16.5. The zero-order valence-electron chi connectivity index (χ0n) is 12.2. The number of rotatable bonds is 5. The molecule has 0 spiro atoms. The van der Waals surface area contributed by atoms with Gasteiger partial charge in [0.05, 0.1) is 18.6 Å². The van der Waals surface area contributed by atoms with Gasteiger partial charge in [-0.2, -0.15) is 0 Å². The van der Waals surface area contributed by atoms with Crippen molar-refractivity contribution in [3.8, 4) is 0 Å². The first-order valence-corrected chi connectivity index (χ1v) is 6.80. The fourth-order valence-electron chi connectivity index (χ4n) is 2.11. The number of ether oxygens (including phenoxy) is 1. The van der Waals surface area contributed by atoms with Crippen molar-refractivity contribution in [1.82, 2.24) is 9.88 Å². The number of nitrogens with one attached hydrogen (secondary N) is 1. The molecule has 1 aromatic heterocycles. The van der Waals surface area contributed by atoms with Gasteiger partial charge >= 0.3 is 5.97 Å². The molecule has 1 aromatic carbocycles. The number of amides is 1. The van der Waals surface area contributed by atoms with Crippen LogP contribution >= 0.6 is 0 Å². The van der Waals surface area contributed by atoms with Crippen molar-refractivity contribution in [2.75, 3.05) is 25.9 Å². The largest absolute Gasteiger partial charge is 0.466 e. The summed E-state index contributed by atoms with van der Waals surface area (Å²) in [5, 5.41) is 0.781. The van der Waals surface area contributed by atoms with Gasteiger partial charge in [-0.1, -0.05) is 0 Å². The Labute approximate surface area is 122 Å². The van der Waals surface area contributed by atoms with Gasteiger partial charge in [0.25, 0.3) is 5.91 Å². The Morgan fingerprint density at radius 2 is 2.14 bits per heavy atom. The molecule has 0 saturated heterocycles. The lowest BCUT2D eigenvalue weighted by atomic mass is 10.1. The molecular weight excluding hydrogens is 270 g/mol. The van der Waals surface area contributed by atoms with E-state index in [4.69, 9.17) is 10.5 Å². The first-order valence-electron chi connectivity index (χ1n) is 6.80. The number of nitrogens with two attached hydrogens (primary N) is 1. The highest BCUT2D eigenvalue weighted by Crippen LogP contribution is 2.22. The maximum atomic E-state index is 12.4. The van der Waals surface area contributed by atoms with E-state index in [9.17, 15) is 9.59 Å².